The lowest BCUT2D eigenvalue weighted by atomic mass is 10.2. The van der Waals surface area contributed by atoms with E-state index in [9.17, 15) is 4.79 Å². The van der Waals surface area contributed by atoms with Gasteiger partial charge in [-0.2, -0.15) is 0 Å². The quantitative estimate of drug-likeness (QED) is 0.728. The van der Waals surface area contributed by atoms with Crippen molar-refractivity contribution >= 4 is 5.91 Å². The van der Waals surface area contributed by atoms with Crippen LogP contribution in [0.1, 0.15) is 20.3 Å². The van der Waals surface area contributed by atoms with Crippen LogP contribution in [0.4, 0.5) is 0 Å². The molecule has 1 rings (SSSR count). The number of carbonyl (C=O) groups is 1. The molecule has 0 fully saturated rings. The fraction of sp³-hybridized carbons (Fsp3) is 0.250. The number of amides is 1. The van der Waals surface area contributed by atoms with Crippen molar-refractivity contribution in [3.63, 3.8) is 0 Å². The Morgan fingerprint density at radius 2 is 2.07 bits per heavy atom. The molecule has 2 nitrogen and oxygen atoms in total. The summed E-state index contributed by atoms with van der Waals surface area (Å²) >= 11 is 0. The predicted octanol–water partition coefficient (Wildman–Crippen LogP) is 2.52. The van der Waals surface area contributed by atoms with E-state index >= 15 is 0 Å². The summed E-state index contributed by atoms with van der Waals surface area (Å²) in [4.78, 5) is 11.3. The van der Waals surface area contributed by atoms with E-state index in [-0.39, 0.29) is 7.33 Å². The van der Waals surface area contributed by atoms with E-state index in [2.05, 4.69) is 11.9 Å². The number of carbonyl (C=O) groups excluding carboxylic acids is 1. The number of benzene rings is 1. The van der Waals surface area contributed by atoms with Gasteiger partial charge in [-0.15, -0.1) is 0 Å². The van der Waals surface area contributed by atoms with Crippen LogP contribution in [0.15, 0.2) is 42.5 Å². The smallest absolute Gasteiger partial charge is 0.246 e. The Hall–Kier alpha value is -1.57. The second-order valence-corrected chi connectivity index (χ2v) is 3.13. The minimum absolute atomic E-state index is 0. The zero-order valence-electron chi connectivity index (χ0n) is 8.42. The standard InChI is InChI=1S/C12H15NO.H2/c1-3-10(2)12(14)13-9-11-7-5-4-6-8-11;/h4-8H,2-3,9H2,1H3,(H,13,14);1H. The second-order valence-electron chi connectivity index (χ2n) is 3.13. The Labute approximate surface area is 86.1 Å². The lowest BCUT2D eigenvalue weighted by Crippen LogP contribution is -2.23. The summed E-state index contributed by atoms with van der Waals surface area (Å²) in [6.07, 6.45) is 0.695. The molecule has 1 amide bonds. The van der Waals surface area contributed by atoms with Crippen molar-refractivity contribution in [3.8, 4) is 0 Å². The average Bonchev–Trinajstić information content (AvgIpc) is 2.26. The van der Waals surface area contributed by atoms with Gasteiger partial charge >= 0.3 is 0 Å². The maximum atomic E-state index is 11.3. The van der Waals surface area contributed by atoms with Gasteiger partial charge in [0.1, 0.15) is 0 Å². The Bertz CT molecular complexity index is 322. The van der Waals surface area contributed by atoms with Gasteiger partial charge in [-0.1, -0.05) is 43.8 Å². The molecule has 1 N–H and O–H groups in total. The molecule has 0 aromatic heterocycles. The van der Waals surface area contributed by atoms with E-state index in [0.29, 0.717) is 18.5 Å². The second kappa shape index (κ2) is 5.22. The number of nitrogens with one attached hydrogen (secondary N) is 1. The first kappa shape index (κ1) is 10.5. The van der Waals surface area contributed by atoms with Crippen LogP contribution in [0.25, 0.3) is 0 Å². The van der Waals surface area contributed by atoms with Gasteiger partial charge in [-0.05, 0) is 12.0 Å². The Morgan fingerprint density at radius 3 is 2.64 bits per heavy atom. The van der Waals surface area contributed by atoms with Gasteiger partial charge in [0.2, 0.25) is 5.91 Å². The van der Waals surface area contributed by atoms with Gasteiger partial charge in [0.25, 0.3) is 0 Å². The third-order valence-electron chi connectivity index (χ3n) is 2.04. The number of hydrogen-bond acceptors (Lipinski definition) is 1. The van der Waals surface area contributed by atoms with Gasteiger partial charge in [-0.25, -0.2) is 0 Å². The third kappa shape index (κ3) is 3.05. The Kier molecular flexibility index (Phi) is 3.92. The normalized spacial score (nSPS) is 9.50. The van der Waals surface area contributed by atoms with Gasteiger partial charge in [0, 0.05) is 13.5 Å². The van der Waals surface area contributed by atoms with Crippen molar-refractivity contribution < 1.29 is 6.22 Å². The van der Waals surface area contributed by atoms with Crippen molar-refractivity contribution in [2.24, 2.45) is 0 Å². The summed E-state index contributed by atoms with van der Waals surface area (Å²) in [5.74, 6) is -0.0589. The van der Waals surface area contributed by atoms with E-state index in [1.54, 1.807) is 0 Å². The first-order valence-corrected chi connectivity index (χ1v) is 4.74. The monoisotopic (exact) mass is 191 g/mol. The highest BCUT2D eigenvalue weighted by Gasteiger charge is 2.02. The summed E-state index contributed by atoms with van der Waals surface area (Å²) in [6.45, 7) is 6.16. The van der Waals surface area contributed by atoms with Crippen molar-refractivity contribution in [3.05, 3.63) is 48.0 Å². The minimum atomic E-state index is -0.0589. The van der Waals surface area contributed by atoms with Crippen LogP contribution in [-0.2, 0) is 11.3 Å². The van der Waals surface area contributed by atoms with Crippen LogP contribution >= 0.6 is 0 Å². The van der Waals surface area contributed by atoms with Crippen LogP contribution < -0.4 is 5.32 Å². The summed E-state index contributed by atoms with van der Waals surface area (Å²) in [6, 6.07) is 9.83. The number of hydrogen-bond donors (Lipinski definition) is 1. The molecule has 0 spiro atoms. The average molecular weight is 191 g/mol. The predicted molar refractivity (Wildman–Crippen MR) is 59.8 cm³/mol. The maximum absolute atomic E-state index is 11.3. The first-order chi connectivity index (χ1) is 6.74. The lowest BCUT2D eigenvalue weighted by Gasteiger charge is -2.05. The highest BCUT2D eigenvalue weighted by Crippen LogP contribution is 2.00. The highest BCUT2D eigenvalue weighted by atomic mass is 16.1. The van der Waals surface area contributed by atoms with Gasteiger partial charge in [0.05, 0.1) is 0 Å². The molecular formula is C12H17NO. The van der Waals surface area contributed by atoms with Crippen LogP contribution in [0.5, 0.6) is 0 Å². The fourth-order valence-electron chi connectivity index (χ4n) is 1.06. The molecule has 0 heterocycles. The maximum Gasteiger partial charge on any atom is 0.246 e. The summed E-state index contributed by atoms with van der Waals surface area (Å²) < 4.78 is 0. The van der Waals surface area contributed by atoms with Crippen LogP contribution in [0, 0.1) is 0 Å². The zero-order chi connectivity index (χ0) is 10.4. The van der Waals surface area contributed by atoms with Crippen LogP contribution in [-0.4, -0.2) is 5.91 Å². The molecule has 1 aromatic carbocycles. The molecule has 0 saturated carbocycles. The van der Waals surface area contributed by atoms with E-state index in [0.717, 1.165) is 5.56 Å². The molecule has 14 heavy (non-hydrogen) atoms. The van der Waals surface area contributed by atoms with E-state index in [1.165, 1.54) is 0 Å². The molecule has 0 aliphatic rings. The largest absolute Gasteiger partial charge is 0.348 e. The van der Waals surface area contributed by atoms with Crippen molar-refractivity contribution in [2.75, 3.05) is 0 Å². The molecule has 2 heteroatoms. The molecule has 1 aromatic rings. The summed E-state index contributed by atoms with van der Waals surface area (Å²) in [7, 11) is 0. The zero-order valence-corrected chi connectivity index (χ0v) is 8.42. The minimum Gasteiger partial charge on any atom is -0.348 e. The SMILES string of the molecule is C=C(CC)C(=O)NCc1ccccc1.[HH]. The fourth-order valence-corrected chi connectivity index (χ4v) is 1.06. The first-order valence-electron chi connectivity index (χ1n) is 4.74. The topological polar surface area (TPSA) is 29.1 Å². The van der Waals surface area contributed by atoms with Crippen molar-refractivity contribution in [2.45, 2.75) is 19.9 Å². The van der Waals surface area contributed by atoms with Gasteiger partial charge in [0.15, 0.2) is 0 Å². The van der Waals surface area contributed by atoms with E-state index < -0.39 is 0 Å². The van der Waals surface area contributed by atoms with Gasteiger partial charge in [-0.3, -0.25) is 4.79 Å². The molecule has 0 bridgehead atoms. The summed E-state index contributed by atoms with van der Waals surface area (Å²) in [5.41, 5.74) is 1.73. The van der Waals surface area contributed by atoms with Crippen molar-refractivity contribution in [1.29, 1.82) is 0 Å². The van der Waals surface area contributed by atoms with E-state index in [4.69, 9.17) is 0 Å². The molecular weight excluding hydrogens is 174 g/mol. The highest BCUT2D eigenvalue weighted by molar-refractivity contribution is 5.92. The molecule has 0 atom stereocenters. The molecule has 0 aliphatic heterocycles. The lowest BCUT2D eigenvalue weighted by molar-refractivity contribution is -0.117. The molecule has 76 valence electrons. The van der Waals surface area contributed by atoms with Crippen LogP contribution in [0.3, 0.4) is 0 Å². The van der Waals surface area contributed by atoms with Crippen molar-refractivity contribution in [1.82, 2.24) is 5.32 Å². The summed E-state index contributed by atoms with van der Waals surface area (Å²) in [5, 5.41) is 2.81. The van der Waals surface area contributed by atoms with Gasteiger partial charge < -0.3 is 5.32 Å². The molecule has 0 radical (unpaired) electrons. The molecule has 0 aliphatic carbocycles. The molecule has 0 saturated heterocycles. The third-order valence-corrected chi connectivity index (χ3v) is 2.04. The Morgan fingerprint density at radius 1 is 1.43 bits per heavy atom. The molecule has 0 unspecified atom stereocenters. The number of rotatable bonds is 4. The van der Waals surface area contributed by atoms with E-state index in [1.807, 2.05) is 37.3 Å². The Balaban J connectivity index is 0.00000196. The van der Waals surface area contributed by atoms with Crippen LogP contribution in [0.2, 0.25) is 0 Å².